The van der Waals surface area contributed by atoms with Crippen molar-refractivity contribution in [2.45, 2.75) is 87.6 Å². The van der Waals surface area contributed by atoms with Crippen LogP contribution in [-0.2, 0) is 45.8 Å². The van der Waals surface area contributed by atoms with Crippen molar-refractivity contribution in [1.29, 1.82) is 0 Å². The molecule has 3 aliphatic rings. The van der Waals surface area contributed by atoms with Crippen LogP contribution in [0.1, 0.15) is 20.1 Å². The van der Waals surface area contributed by atoms with Gasteiger partial charge in [0.05, 0.1) is 51.9 Å². The Morgan fingerprint density at radius 2 is 1.25 bits per heavy atom. The average molecular weight is 868 g/mol. The summed E-state index contributed by atoms with van der Waals surface area (Å²) in [5.74, 6) is -2.15. The zero-order valence-corrected chi connectivity index (χ0v) is 31.2. The number of nitrogens with one attached hydrogen (secondary N) is 1. The largest absolute Gasteiger partial charge is 0.790 e. The third-order valence-electron chi connectivity index (χ3n) is 8.19. The molecule has 0 amide bonds. The number of aromatic nitrogens is 2. The molecule has 56 heavy (non-hydrogen) atoms. The second kappa shape index (κ2) is 19.8. The van der Waals surface area contributed by atoms with Crippen molar-refractivity contribution in [3.63, 3.8) is 0 Å². The Hall–Kier alpha value is -2.69. The second-order valence-electron chi connectivity index (χ2n) is 12.1. The van der Waals surface area contributed by atoms with Gasteiger partial charge in [0.15, 0.2) is 18.8 Å². The minimum atomic E-state index is -5.78. The number of phosphoric acid groups is 3. The van der Waals surface area contributed by atoms with Gasteiger partial charge in [-0.1, -0.05) is 24.1 Å². The molecule has 0 aromatic carbocycles. The number of aliphatic hydroxyl groups excluding tert-OH is 6. The number of ether oxygens (including phenoxy) is 3. The molecule has 30 nitrogen and oxygen atoms in total. The number of H-pyrrole nitrogens is 1. The zero-order chi connectivity index (χ0) is 42.3. The Balaban J connectivity index is 0.000000391. The van der Waals surface area contributed by atoms with Crippen molar-refractivity contribution in [2.75, 3.05) is 19.7 Å². The van der Waals surface area contributed by atoms with Gasteiger partial charge >= 0.3 is 5.69 Å². The van der Waals surface area contributed by atoms with Crippen LogP contribution in [0.15, 0.2) is 32.1 Å². The highest BCUT2D eigenvalue weighted by molar-refractivity contribution is 7.59. The number of rotatable bonds is 14. The van der Waals surface area contributed by atoms with Crippen LogP contribution in [0.4, 0.5) is 0 Å². The van der Waals surface area contributed by atoms with Gasteiger partial charge in [-0.05, 0) is 11.1 Å². The highest BCUT2D eigenvalue weighted by Crippen LogP contribution is 2.57. The molecule has 318 valence electrons. The van der Waals surface area contributed by atoms with E-state index in [9.17, 15) is 73.5 Å². The fraction of sp³-hybridized carbons (Fsp3) is 0.826. The highest BCUT2D eigenvalue weighted by Gasteiger charge is 2.46. The van der Waals surface area contributed by atoms with Crippen molar-refractivity contribution < 1.29 is 96.0 Å². The van der Waals surface area contributed by atoms with Crippen molar-refractivity contribution in [1.82, 2.24) is 9.55 Å². The van der Waals surface area contributed by atoms with Gasteiger partial charge in [-0.15, -0.1) is 0 Å². The number of aliphatic hydroxyl groups is 6. The molecule has 16 atom stereocenters. The Morgan fingerprint density at radius 3 is 1.71 bits per heavy atom. The van der Waals surface area contributed by atoms with E-state index >= 15 is 0 Å². The van der Waals surface area contributed by atoms with Gasteiger partial charge in [0.1, 0.15) is 30.5 Å². The first-order chi connectivity index (χ1) is 25.9. The maximum atomic E-state index is 12.2. The minimum Gasteiger partial charge on any atom is -0.790 e. The van der Waals surface area contributed by atoms with Crippen LogP contribution >= 0.6 is 23.5 Å². The van der Waals surface area contributed by atoms with Crippen LogP contribution in [0, 0.1) is 11.8 Å². The summed E-state index contributed by atoms with van der Waals surface area (Å²) in [6, 6.07) is 0.925. The van der Waals surface area contributed by atoms with Crippen LogP contribution < -0.4 is 30.8 Å². The predicted molar refractivity (Wildman–Crippen MR) is 167 cm³/mol. The molecule has 3 saturated heterocycles. The SMILES string of the molecule is CC1C(OP(=O)([O-])OP(=O)([O-])OC[C@H]2O[C@@H](n3ccc(=O)[nH]c3=O)C(O)[C@H]2O)OC(CN=[N+]=[N-])C(O)C1O.CC1C(OP(=O)([O-])[O-])OC(CN=[N+]=[N-])C(O)C1O. The first-order valence-electron chi connectivity index (χ1n) is 15.7. The first-order valence-corrected chi connectivity index (χ1v) is 20.0. The maximum absolute atomic E-state index is 12.2. The van der Waals surface area contributed by atoms with E-state index in [-0.39, 0.29) is 6.54 Å². The molecule has 7 N–H and O–H groups in total. The summed E-state index contributed by atoms with van der Waals surface area (Å²) < 4.78 is 68.1. The Bertz CT molecular complexity index is 1860. The molecule has 1 aromatic heterocycles. The molecule has 3 aliphatic heterocycles. The van der Waals surface area contributed by atoms with Gasteiger partial charge in [-0.3, -0.25) is 28.0 Å². The lowest BCUT2D eigenvalue weighted by molar-refractivity contribution is -0.364. The molecule has 3 fully saturated rings. The van der Waals surface area contributed by atoms with E-state index in [4.69, 9.17) is 25.3 Å². The minimum absolute atomic E-state index is 0.330. The van der Waals surface area contributed by atoms with E-state index < -0.39 is 133 Å². The van der Waals surface area contributed by atoms with Crippen LogP contribution in [0.3, 0.4) is 0 Å². The summed E-state index contributed by atoms with van der Waals surface area (Å²) in [4.78, 5) is 75.2. The van der Waals surface area contributed by atoms with Crippen molar-refractivity contribution >= 4 is 23.5 Å². The van der Waals surface area contributed by atoms with Gasteiger partial charge in [0.2, 0.25) is 0 Å². The molecular weight excluding hydrogens is 833 g/mol. The van der Waals surface area contributed by atoms with Crippen molar-refractivity contribution in [3.05, 3.63) is 54.0 Å². The molecule has 4 heterocycles. The number of nitrogens with zero attached hydrogens (tertiary/aromatic N) is 7. The van der Waals surface area contributed by atoms with E-state index in [0.717, 1.165) is 12.3 Å². The summed E-state index contributed by atoms with van der Waals surface area (Å²) in [5.41, 5.74) is 14.8. The monoisotopic (exact) mass is 868 g/mol. The van der Waals surface area contributed by atoms with Crippen LogP contribution in [0.5, 0.6) is 0 Å². The number of phosphoric ester groups is 3. The molecule has 0 saturated carbocycles. The highest BCUT2D eigenvalue weighted by atomic mass is 31.3. The maximum Gasteiger partial charge on any atom is 0.330 e. The Labute approximate surface area is 312 Å². The van der Waals surface area contributed by atoms with Crippen LogP contribution in [0.25, 0.3) is 20.9 Å². The second-order valence-corrected chi connectivity index (χ2v) is 16.1. The van der Waals surface area contributed by atoms with E-state index in [2.05, 4.69) is 37.9 Å². The fourth-order valence-corrected chi connectivity index (χ4v) is 7.87. The number of azide groups is 2. The molecule has 0 aliphatic carbocycles. The molecule has 0 radical (unpaired) electrons. The summed E-state index contributed by atoms with van der Waals surface area (Å²) >= 11 is 0. The molecule has 13 unspecified atom stereocenters. The average Bonchev–Trinajstić information content (AvgIpc) is 3.38. The summed E-state index contributed by atoms with van der Waals surface area (Å²) in [6.45, 7) is 0.629. The molecule has 1 aromatic rings. The Morgan fingerprint density at radius 1 is 0.768 bits per heavy atom. The first kappa shape index (κ1) is 47.7. The summed E-state index contributed by atoms with van der Waals surface area (Å²) in [6.07, 6.45) is -17.7. The third-order valence-corrected chi connectivity index (χ3v) is 11.2. The molecule has 33 heteroatoms. The number of hydrogen-bond acceptors (Lipinski definition) is 24. The normalized spacial score (nSPS) is 36.8. The van der Waals surface area contributed by atoms with E-state index in [1.807, 2.05) is 4.98 Å². The molecule has 0 spiro atoms. The Kier molecular flexibility index (Phi) is 16.9. The van der Waals surface area contributed by atoms with E-state index in [0.29, 0.717) is 4.57 Å². The number of aromatic amines is 1. The molecule has 4 rings (SSSR count). The van der Waals surface area contributed by atoms with Gasteiger partial charge in [-0.25, -0.2) is 9.11 Å². The van der Waals surface area contributed by atoms with E-state index in [1.165, 1.54) is 13.8 Å². The lowest BCUT2D eigenvalue weighted by Gasteiger charge is -2.44. The lowest BCUT2D eigenvalue weighted by Crippen LogP contribution is -2.55. The number of hydrogen-bond donors (Lipinski definition) is 7. The molecule has 0 bridgehead atoms. The van der Waals surface area contributed by atoms with E-state index in [1.54, 1.807) is 0 Å². The van der Waals surface area contributed by atoms with Crippen molar-refractivity contribution in [3.8, 4) is 0 Å². The fourth-order valence-electron chi connectivity index (χ4n) is 5.22. The van der Waals surface area contributed by atoms with Gasteiger partial charge in [0.25, 0.3) is 21.2 Å². The topological polar surface area (TPSA) is 482 Å². The van der Waals surface area contributed by atoms with Crippen LogP contribution in [-0.4, -0.2) is 127 Å². The van der Waals surface area contributed by atoms with Crippen LogP contribution in [0.2, 0.25) is 0 Å². The smallest absolute Gasteiger partial charge is 0.330 e. The van der Waals surface area contributed by atoms with Crippen molar-refractivity contribution in [2.24, 2.45) is 22.1 Å². The zero-order valence-electron chi connectivity index (χ0n) is 28.5. The molecular formula is C23H35N8O22P3-4. The predicted octanol–water partition coefficient (Wildman–Crippen LogP) is -5.24. The van der Waals surface area contributed by atoms with Gasteiger partial charge in [-0.2, -0.15) is 0 Å². The third kappa shape index (κ3) is 12.9. The summed E-state index contributed by atoms with van der Waals surface area (Å²) in [7, 11) is -16.8. The lowest BCUT2D eigenvalue weighted by atomic mass is 9.92. The van der Waals surface area contributed by atoms with Gasteiger partial charge in [0, 0.05) is 33.9 Å². The summed E-state index contributed by atoms with van der Waals surface area (Å²) in [5, 5.41) is 65.9. The standard InChI is InChI=1S/C16H25N5O15P2.C7H14N3O7P/c1-6-10(23)11(24)7(4-18-20-17)34-15(6)35-38(30,31)36-37(28,29)32-5-8-12(25)13(26)14(33-8)21-3-2-9(22)19-16(21)27;1-3-5(11)6(12)4(2-9-10-8)16-7(3)17-18(13,14)15/h2-3,6-8,10-15,23-26H,4-5H2,1H3,(H,28,29)(H,30,31)(H,19,22,27);3-7,11-12H,2H2,1H3,(H2,13,14,15)/p-4/t6?,7?,8-,10?,11?,12+,13?,14-,15?;/m1./s1. The van der Waals surface area contributed by atoms with Gasteiger partial charge < -0.3 is 78.0 Å². The quantitative estimate of drug-likeness (QED) is 0.0397.